The summed E-state index contributed by atoms with van der Waals surface area (Å²) < 4.78 is 6.56. The van der Waals surface area contributed by atoms with Crippen LogP contribution in [0.2, 0.25) is 0 Å². The van der Waals surface area contributed by atoms with Gasteiger partial charge in [-0.2, -0.15) is 10.1 Å². The summed E-state index contributed by atoms with van der Waals surface area (Å²) in [6, 6.07) is 21.9. The normalized spacial score (nSPS) is 24.2. The van der Waals surface area contributed by atoms with E-state index in [0.29, 0.717) is 17.9 Å². The van der Waals surface area contributed by atoms with E-state index in [2.05, 4.69) is 51.9 Å². The van der Waals surface area contributed by atoms with Gasteiger partial charge in [-0.15, -0.1) is 0 Å². The van der Waals surface area contributed by atoms with Crippen LogP contribution < -0.4 is 4.74 Å². The lowest BCUT2D eigenvalue weighted by Crippen LogP contribution is -2.41. The highest BCUT2D eigenvalue weighted by atomic mass is 79.9. The first-order chi connectivity index (χ1) is 16.6. The first-order valence-corrected chi connectivity index (χ1v) is 12.0. The quantitative estimate of drug-likeness (QED) is 0.267. The molecule has 1 aliphatic heterocycles. The molecule has 1 fully saturated rings. The molecule has 3 aliphatic carbocycles. The Bertz CT molecular complexity index is 1270. The smallest absolute Gasteiger partial charge is 0.254 e. The molecular weight excluding hydrogens is 492 g/mol. The Labute approximate surface area is 205 Å². The molecule has 0 N–H and O–H groups in total. The molecular formula is C28H21BrN2O3. The predicted molar refractivity (Wildman–Crippen MR) is 133 cm³/mol. The second kappa shape index (κ2) is 8.06. The molecule has 0 spiro atoms. The van der Waals surface area contributed by atoms with Crippen molar-refractivity contribution in [2.24, 2.45) is 16.9 Å². The highest BCUT2D eigenvalue weighted by Crippen LogP contribution is 2.60. The number of amides is 2. The van der Waals surface area contributed by atoms with E-state index >= 15 is 0 Å². The number of benzene rings is 3. The van der Waals surface area contributed by atoms with Crippen LogP contribution in [0.3, 0.4) is 0 Å². The van der Waals surface area contributed by atoms with E-state index in [1.54, 1.807) is 6.08 Å². The van der Waals surface area contributed by atoms with Crippen molar-refractivity contribution in [1.29, 1.82) is 0 Å². The van der Waals surface area contributed by atoms with E-state index < -0.39 is 11.8 Å². The van der Waals surface area contributed by atoms with Gasteiger partial charge < -0.3 is 4.74 Å². The van der Waals surface area contributed by atoms with Gasteiger partial charge in [-0.1, -0.05) is 77.1 Å². The third-order valence-electron chi connectivity index (χ3n) is 7.07. The van der Waals surface area contributed by atoms with Crippen LogP contribution in [0.5, 0.6) is 5.75 Å². The molecule has 0 saturated carbocycles. The number of hydrogen-bond donors (Lipinski definition) is 0. The lowest BCUT2D eigenvalue weighted by atomic mass is 9.55. The molecule has 3 aromatic rings. The Morgan fingerprint density at radius 2 is 1.41 bits per heavy atom. The van der Waals surface area contributed by atoms with Gasteiger partial charge in [-0.3, -0.25) is 9.59 Å². The first-order valence-electron chi connectivity index (χ1n) is 11.2. The fourth-order valence-corrected chi connectivity index (χ4v) is 6.17. The Balaban J connectivity index is 1.40. The monoisotopic (exact) mass is 512 g/mol. The Morgan fingerprint density at radius 3 is 1.91 bits per heavy atom. The summed E-state index contributed by atoms with van der Waals surface area (Å²) in [6.07, 6.45) is 3.19. The molecule has 3 aromatic carbocycles. The van der Waals surface area contributed by atoms with E-state index in [1.807, 2.05) is 42.5 Å². The van der Waals surface area contributed by atoms with Crippen molar-refractivity contribution < 1.29 is 14.3 Å². The average molecular weight is 513 g/mol. The number of carbonyl (C=O) groups excluding carboxylic acids is 2. The third-order valence-corrected chi connectivity index (χ3v) is 7.56. The third kappa shape index (κ3) is 3.02. The van der Waals surface area contributed by atoms with Crippen molar-refractivity contribution in [2.45, 2.75) is 11.8 Å². The van der Waals surface area contributed by atoms with Crippen molar-refractivity contribution >= 4 is 34.0 Å². The van der Waals surface area contributed by atoms with Crippen LogP contribution in [0, 0.1) is 11.8 Å². The highest BCUT2D eigenvalue weighted by Gasteiger charge is 2.61. The van der Waals surface area contributed by atoms with Gasteiger partial charge in [0.25, 0.3) is 11.8 Å². The summed E-state index contributed by atoms with van der Waals surface area (Å²) in [5.74, 6) is -1.06. The fourth-order valence-electron chi connectivity index (χ4n) is 5.80. The largest absolute Gasteiger partial charge is 0.489 e. The van der Waals surface area contributed by atoms with Crippen LogP contribution in [-0.2, 0) is 9.59 Å². The molecule has 2 amide bonds. The SMILES string of the molecule is C=CCOc1ccc(Br)cc1/C=N\N1C(=O)[C@H]2C3c4ccccc4C(c4ccccc43)[C@@H]2C1=O. The maximum absolute atomic E-state index is 13.6. The summed E-state index contributed by atoms with van der Waals surface area (Å²) in [4.78, 5) is 27.3. The Kier molecular flexibility index (Phi) is 4.99. The zero-order chi connectivity index (χ0) is 23.4. The number of rotatable bonds is 5. The summed E-state index contributed by atoms with van der Waals surface area (Å²) in [6.45, 7) is 4.02. The summed E-state index contributed by atoms with van der Waals surface area (Å²) in [5.41, 5.74) is 5.25. The first kappa shape index (κ1) is 21.1. The Hall–Kier alpha value is -3.51. The maximum atomic E-state index is 13.6. The van der Waals surface area contributed by atoms with Crippen molar-refractivity contribution in [3.05, 3.63) is 112 Å². The van der Waals surface area contributed by atoms with E-state index in [9.17, 15) is 9.59 Å². The van der Waals surface area contributed by atoms with Gasteiger partial charge in [-0.05, 0) is 40.5 Å². The summed E-state index contributed by atoms with van der Waals surface area (Å²) in [7, 11) is 0. The molecule has 2 bridgehead atoms. The summed E-state index contributed by atoms with van der Waals surface area (Å²) >= 11 is 3.46. The van der Waals surface area contributed by atoms with Crippen LogP contribution in [0.15, 0.2) is 89.0 Å². The number of carbonyl (C=O) groups is 2. The minimum Gasteiger partial charge on any atom is -0.489 e. The van der Waals surface area contributed by atoms with Gasteiger partial charge in [0, 0.05) is 21.9 Å². The number of hydrogen-bond acceptors (Lipinski definition) is 4. The molecule has 0 unspecified atom stereocenters. The van der Waals surface area contributed by atoms with Gasteiger partial charge in [0.15, 0.2) is 0 Å². The van der Waals surface area contributed by atoms with E-state index in [0.717, 1.165) is 31.7 Å². The number of ether oxygens (including phenoxy) is 1. The van der Waals surface area contributed by atoms with Crippen LogP contribution in [0.4, 0.5) is 0 Å². The van der Waals surface area contributed by atoms with Crippen LogP contribution in [-0.4, -0.2) is 29.6 Å². The van der Waals surface area contributed by atoms with Crippen molar-refractivity contribution in [3.8, 4) is 5.75 Å². The molecule has 0 aromatic heterocycles. The van der Waals surface area contributed by atoms with Gasteiger partial charge >= 0.3 is 0 Å². The predicted octanol–water partition coefficient (Wildman–Crippen LogP) is 5.24. The molecule has 7 rings (SSSR count). The molecule has 34 heavy (non-hydrogen) atoms. The fraction of sp³-hybridized carbons (Fsp3) is 0.179. The highest BCUT2D eigenvalue weighted by molar-refractivity contribution is 9.10. The molecule has 5 nitrogen and oxygen atoms in total. The lowest BCUT2D eigenvalue weighted by Gasteiger charge is -2.45. The van der Waals surface area contributed by atoms with Crippen molar-refractivity contribution in [2.75, 3.05) is 6.61 Å². The van der Waals surface area contributed by atoms with Crippen LogP contribution in [0.1, 0.15) is 39.7 Å². The van der Waals surface area contributed by atoms with Crippen LogP contribution in [0.25, 0.3) is 0 Å². The van der Waals surface area contributed by atoms with E-state index in [1.165, 1.54) is 6.21 Å². The molecule has 0 radical (unpaired) electrons. The number of nitrogens with zero attached hydrogens (tertiary/aromatic N) is 2. The number of halogens is 1. The average Bonchev–Trinajstić information content (AvgIpc) is 3.12. The van der Waals surface area contributed by atoms with Crippen molar-refractivity contribution in [3.63, 3.8) is 0 Å². The minimum atomic E-state index is -0.446. The molecule has 168 valence electrons. The number of hydrazone groups is 1. The van der Waals surface area contributed by atoms with E-state index in [-0.39, 0.29) is 23.7 Å². The zero-order valence-electron chi connectivity index (χ0n) is 18.2. The van der Waals surface area contributed by atoms with Gasteiger partial charge in [0.1, 0.15) is 12.4 Å². The van der Waals surface area contributed by atoms with E-state index in [4.69, 9.17) is 4.74 Å². The van der Waals surface area contributed by atoms with Crippen molar-refractivity contribution in [1.82, 2.24) is 5.01 Å². The Morgan fingerprint density at radius 1 is 0.882 bits per heavy atom. The molecule has 4 aliphatic rings. The van der Waals surface area contributed by atoms with Crippen LogP contribution >= 0.6 is 15.9 Å². The topological polar surface area (TPSA) is 59.0 Å². The van der Waals surface area contributed by atoms with Gasteiger partial charge in [-0.25, -0.2) is 0 Å². The molecule has 2 atom stereocenters. The lowest BCUT2D eigenvalue weighted by molar-refractivity contribution is -0.139. The van der Waals surface area contributed by atoms with Gasteiger partial charge in [0.2, 0.25) is 0 Å². The maximum Gasteiger partial charge on any atom is 0.254 e. The molecule has 1 heterocycles. The second-order valence-corrected chi connectivity index (χ2v) is 9.70. The summed E-state index contributed by atoms with van der Waals surface area (Å²) in [5, 5.41) is 5.47. The second-order valence-electron chi connectivity index (χ2n) is 8.78. The number of imide groups is 1. The van der Waals surface area contributed by atoms with Gasteiger partial charge in [0.05, 0.1) is 18.1 Å². The standard InChI is InChI=1S/C28H21BrN2O3/c1-2-13-34-22-12-11-17(29)14-16(22)15-30-31-27(32)25-23-18-7-3-4-8-19(18)24(26(25)28(31)33)21-10-6-5-9-20(21)23/h2-12,14-15,23-26H,1,13H2/b30-15-/t23?,24?,25-,26-/m0/s1. The molecule has 6 heteroatoms. The minimum absolute atomic E-state index is 0.142. The zero-order valence-corrected chi connectivity index (χ0v) is 19.8. The molecule has 1 saturated heterocycles.